The average molecular weight is 597 g/mol. The summed E-state index contributed by atoms with van der Waals surface area (Å²) in [5.41, 5.74) is 1.50. The Morgan fingerprint density at radius 2 is 1.79 bits per heavy atom. The molecule has 0 saturated heterocycles. The number of para-hydroxylation sites is 1. The third-order valence-electron chi connectivity index (χ3n) is 6.39. The van der Waals surface area contributed by atoms with Gasteiger partial charge in [-0.25, -0.2) is 14.6 Å². The zero-order valence-corrected chi connectivity index (χ0v) is 25.0. The van der Waals surface area contributed by atoms with Crippen molar-refractivity contribution in [1.29, 1.82) is 0 Å². The number of aromatic nitrogens is 1. The van der Waals surface area contributed by atoms with Gasteiger partial charge >= 0.3 is 11.9 Å². The number of rotatable bonds is 11. The molecule has 1 aliphatic heterocycles. The van der Waals surface area contributed by atoms with Crippen LogP contribution in [0.2, 0.25) is 0 Å². The second-order valence-electron chi connectivity index (χ2n) is 8.89. The third kappa shape index (κ3) is 6.03. The first-order valence-corrected chi connectivity index (χ1v) is 14.0. The van der Waals surface area contributed by atoms with Gasteiger partial charge in [0.1, 0.15) is 0 Å². The molecule has 42 heavy (non-hydrogen) atoms. The van der Waals surface area contributed by atoms with Crippen LogP contribution in [0.4, 0.5) is 0 Å². The van der Waals surface area contributed by atoms with Gasteiger partial charge in [0.15, 0.2) is 34.4 Å². The maximum atomic E-state index is 14.0. The minimum Gasteiger partial charge on any atom is -0.493 e. The molecule has 1 atom stereocenters. The van der Waals surface area contributed by atoms with Crippen LogP contribution in [0.5, 0.6) is 23.0 Å². The standard InChI is InChI=1S/C30H32N2O9S/c1-7-39-22-14-18(12-13-20(22)41-16-24(33)37-5)26-25(29(35)40-8-2)17(3)31-30-32(26)28(34)23(42-30)15-19-10-9-11-21(36-4)27(19)38-6/h9-15,26H,7-8,16H2,1-6H3/b23-15+/t26-/m0/s1. The summed E-state index contributed by atoms with van der Waals surface area (Å²) in [4.78, 5) is 43.9. The maximum Gasteiger partial charge on any atom is 0.343 e. The van der Waals surface area contributed by atoms with E-state index in [-0.39, 0.29) is 24.3 Å². The number of allylic oxidation sites excluding steroid dienone is 1. The average Bonchev–Trinajstić information content (AvgIpc) is 3.29. The second kappa shape index (κ2) is 13.4. The van der Waals surface area contributed by atoms with Gasteiger partial charge in [-0.3, -0.25) is 9.36 Å². The lowest BCUT2D eigenvalue weighted by atomic mass is 9.95. The van der Waals surface area contributed by atoms with E-state index < -0.39 is 18.0 Å². The fourth-order valence-electron chi connectivity index (χ4n) is 4.55. The number of methoxy groups -OCH3 is 3. The van der Waals surface area contributed by atoms with Crippen LogP contribution in [0.1, 0.15) is 37.9 Å². The summed E-state index contributed by atoms with van der Waals surface area (Å²) < 4.78 is 34.3. The molecule has 12 heteroatoms. The molecule has 0 N–H and O–H groups in total. The molecule has 4 rings (SSSR count). The topological polar surface area (TPSA) is 124 Å². The van der Waals surface area contributed by atoms with Crippen molar-refractivity contribution in [2.45, 2.75) is 26.8 Å². The molecule has 0 aliphatic carbocycles. The Bertz CT molecular complexity index is 1700. The van der Waals surface area contributed by atoms with E-state index in [1.165, 1.54) is 37.2 Å². The summed E-state index contributed by atoms with van der Waals surface area (Å²) in [6, 6.07) is 9.52. The fraction of sp³-hybridized carbons (Fsp3) is 0.333. The number of carbonyl (C=O) groups is 2. The Morgan fingerprint density at radius 1 is 1.00 bits per heavy atom. The van der Waals surface area contributed by atoms with Gasteiger partial charge in [-0.05, 0) is 50.6 Å². The molecule has 0 fully saturated rings. The van der Waals surface area contributed by atoms with Gasteiger partial charge in [0.2, 0.25) is 0 Å². The number of ether oxygens (including phenoxy) is 6. The van der Waals surface area contributed by atoms with Crippen LogP contribution in [0.25, 0.3) is 6.08 Å². The SMILES string of the molecule is CCOC(=O)C1=C(C)N=c2s/c(=C/c3cccc(OC)c3OC)c(=O)n2[C@H]1c1ccc(OCC(=O)OC)c(OCC)c1. The van der Waals surface area contributed by atoms with Gasteiger partial charge in [0, 0.05) is 5.56 Å². The maximum absolute atomic E-state index is 14.0. The first-order valence-electron chi connectivity index (χ1n) is 13.1. The van der Waals surface area contributed by atoms with Crippen LogP contribution in [0, 0.1) is 0 Å². The number of nitrogens with zero attached hydrogens (tertiary/aromatic N) is 2. The van der Waals surface area contributed by atoms with E-state index in [1.807, 2.05) is 6.07 Å². The minimum atomic E-state index is -0.872. The van der Waals surface area contributed by atoms with Gasteiger partial charge in [0.25, 0.3) is 5.56 Å². The number of fused-ring (bicyclic) bond motifs is 1. The van der Waals surface area contributed by atoms with Crippen molar-refractivity contribution >= 4 is 29.4 Å². The minimum absolute atomic E-state index is 0.146. The Balaban J connectivity index is 1.92. The molecule has 222 valence electrons. The van der Waals surface area contributed by atoms with Crippen molar-refractivity contribution in [3.05, 3.63) is 78.5 Å². The Labute approximate surface area is 246 Å². The summed E-state index contributed by atoms with van der Waals surface area (Å²) in [7, 11) is 4.34. The summed E-state index contributed by atoms with van der Waals surface area (Å²) >= 11 is 1.19. The van der Waals surface area contributed by atoms with Gasteiger partial charge in [0.05, 0.1) is 56.4 Å². The molecule has 3 aromatic rings. The highest BCUT2D eigenvalue weighted by molar-refractivity contribution is 7.07. The number of thiazole rings is 1. The lowest BCUT2D eigenvalue weighted by molar-refractivity contribution is -0.143. The van der Waals surface area contributed by atoms with Gasteiger partial charge in [-0.2, -0.15) is 0 Å². The molecule has 1 aromatic heterocycles. The van der Waals surface area contributed by atoms with E-state index in [0.717, 1.165) is 0 Å². The number of hydrogen-bond donors (Lipinski definition) is 0. The van der Waals surface area contributed by atoms with Gasteiger partial charge in [-0.1, -0.05) is 29.5 Å². The quantitative estimate of drug-likeness (QED) is 0.308. The number of carbonyl (C=O) groups excluding carboxylic acids is 2. The molecular weight excluding hydrogens is 564 g/mol. The molecule has 0 bridgehead atoms. The van der Waals surface area contributed by atoms with Crippen molar-refractivity contribution < 1.29 is 38.0 Å². The summed E-state index contributed by atoms with van der Waals surface area (Å²) in [6.45, 7) is 5.36. The van der Waals surface area contributed by atoms with E-state index in [4.69, 9.17) is 23.7 Å². The van der Waals surface area contributed by atoms with E-state index in [1.54, 1.807) is 57.2 Å². The highest BCUT2D eigenvalue weighted by Gasteiger charge is 2.34. The van der Waals surface area contributed by atoms with Crippen LogP contribution in [-0.2, 0) is 19.1 Å². The van der Waals surface area contributed by atoms with Crippen molar-refractivity contribution in [2.24, 2.45) is 4.99 Å². The van der Waals surface area contributed by atoms with Crippen LogP contribution in [0.3, 0.4) is 0 Å². The number of hydrogen-bond acceptors (Lipinski definition) is 11. The molecule has 0 unspecified atom stereocenters. The van der Waals surface area contributed by atoms with Crippen molar-refractivity contribution in [3.8, 4) is 23.0 Å². The molecule has 1 aliphatic rings. The lowest BCUT2D eigenvalue weighted by Gasteiger charge is -2.25. The van der Waals surface area contributed by atoms with E-state index in [0.29, 0.717) is 55.8 Å². The number of benzene rings is 2. The highest BCUT2D eigenvalue weighted by atomic mass is 32.1. The van der Waals surface area contributed by atoms with E-state index >= 15 is 0 Å². The Kier molecular flexibility index (Phi) is 9.68. The van der Waals surface area contributed by atoms with Crippen molar-refractivity contribution in [3.63, 3.8) is 0 Å². The summed E-state index contributed by atoms with van der Waals surface area (Å²) in [5, 5.41) is 0. The Morgan fingerprint density at radius 3 is 2.45 bits per heavy atom. The largest absolute Gasteiger partial charge is 0.493 e. The lowest BCUT2D eigenvalue weighted by Crippen LogP contribution is -2.40. The van der Waals surface area contributed by atoms with Crippen LogP contribution < -0.4 is 33.8 Å². The predicted octanol–water partition coefficient (Wildman–Crippen LogP) is 2.77. The molecule has 0 saturated carbocycles. The molecule has 2 heterocycles. The van der Waals surface area contributed by atoms with Crippen LogP contribution in [-0.4, -0.2) is 57.7 Å². The second-order valence-corrected chi connectivity index (χ2v) is 9.90. The van der Waals surface area contributed by atoms with E-state index in [2.05, 4.69) is 9.73 Å². The first-order chi connectivity index (χ1) is 20.3. The number of esters is 2. The molecule has 2 aromatic carbocycles. The predicted molar refractivity (Wildman–Crippen MR) is 155 cm³/mol. The van der Waals surface area contributed by atoms with Gasteiger partial charge in [-0.15, -0.1) is 0 Å². The zero-order chi connectivity index (χ0) is 30.4. The van der Waals surface area contributed by atoms with Gasteiger partial charge < -0.3 is 28.4 Å². The molecular formula is C30H32N2O9S. The highest BCUT2D eigenvalue weighted by Crippen LogP contribution is 2.36. The summed E-state index contributed by atoms with van der Waals surface area (Å²) in [6.07, 6.45) is 1.71. The zero-order valence-electron chi connectivity index (χ0n) is 24.2. The third-order valence-corrected chi connectivity index (χ3v) is 7.38. The molecule has 0 spiro atoms. The van der Waals surface area contributed by atoms with Crippen LogP contribution in [0.15, 0.2) is 57.5 Å². The monoisotopic (exact) mass is 596 g/mol. The Hall–Kier alpha value is -4.58. The smallest absolute Gasteiger partial charge is 0.343 e. The van der Waals surface area contributed by atoms with Crippen molar-refractivity contribution in [2.75, 3.05) is 41.2 Å². The summed E-state index contributed by atoms with van der Waals surface area (Å²) in [5.74, 6) is 0.507. The van der Waals surface area contributed by atoms with Crippen molar-refractivity contribution in [1.82, 2.24) is 4.57 Å². The van der Waals surface area contributed by atoms with E-state index in [9.17, 15) is 14.4 Å². The molecule has 0 amide bonds. The first kappa shape index (κ1) is 30.4. The fourth-order valence-corrected chi connectivity index (χ4v) is 5.59. The normalized spacial score (nSPS) is 14.5. The van der Waals surface area contributed by atoms with Crippen LogP contribution >= 0.6 is 11.3 Å². The molecule has 11 nitrogen and oxygen atoms in total. The molecule has 0 radical (unpaired) electrons.